The normalized spacial score (nSPS) is 15.9. The lowest BCUT2D eigenvalue weighted by atomic mass is 10.1. The van der Waals surface area contributed by atoms with E-state index < -0.39 is 5.97 Å². The number of carboxylic acids is 1. The number of thioether (sulfide) groups is 1. The predicted octanol–water partition coefficient (Wildman–Crippen LogP) is 6.45. The number of hydrogen-bond acceptors (Lipinski definition) is 5. The van der Waals surface area contributed by atoms with Crippen molar-refractivity contribution in [1.82, 2.24) is 0 Å². The Morgan fingerprint density at radius 3 is 2.38 bits per heavy atom. The van der Waals surface area contributed by atoms with E-state index in [4.69, 9.17) is 9.41 Å². The molecule has 2 heterocycles. The zero-order chi connectivity index (χ0) is 23.5. The number of benzene rings is 3. The van der Waals surface area contributed by atoms with Gasteiger partial charge >= 0.3 is 5.97 Å². The number of carbonyl (C=O) groups is 2. The van der Waals surface area contributed by atoms with Crippen LogP contribution in [0.1, 0.15) is 16.1 Å². The Kier molecular flexibility index (Phi) is 5.84. The Bertz CT molecular complexity index is 1430. The summed E-state index contributed by atoms with van der Waals surface area (Å²) in [4.78, 5) is 31.4. The van der Waals surface area contributed by atoms with Crippen LogP contribution in [-0.2, 0) is 4.79 Å². The van der Waals surface area contributed by atoms with Crippen LogP contribution >= 0.6 is 11.8 Å². The number of para-hydroxylation sites is 2. The minimum absolute atomic E-state index is 0.176. The number of furan rings is 1. The number of anilines is 1. The van der Waals surface area contributed by atoms with Gasteiger partial charge in [-0.15, -0.1) is 0 Å². The number of carbonyl (C=O) groups excluding carboxylic acids is 1. The molecule has 5 rings (SSSR count). The molecule has 1 amide bonds. The molecule has 166 valence electrons. The maximum atomic E-state index is 13.4. The van der Waals surface area contributed by atoms with Crippen molar-refractivity contribution in [3.05, 3.63) is 113 Å². The smallest absolute Gasteiger partial charge is 0.335 e. The maximum absolute atomic E-state index is 13.4. The molecular formula is C27H18N2O4S. The van der Waals surface area contributed by atoms with Crippen molar-refractivity contribution in [2.24, 2.45) is 4.99 Å². The SMILES string of the molecule is O=C(O)c1cccc(-c2ccc(/C=C3\SC(=Nc4ccccc4)N(c4ccccc4)C3=O)o2)c1. The van der Waals surface area contributed by atoms with E-state index in [0.717, 1.165) is 11.4 Å². The molecular weight excluding hydrogens is 448 g/mol. The fourth-order valence-electron chi connectivity index (χ4n) is 3.49. The fraction of sp³-hybridized carbons (Fsp3) is 0. The zero-order valence-corrected chi connectivity index (χ0v) is 18.6. The fourth-order valence-corrected chi connectivity index (χ4v) is 4.47. The van der Waals surface area contributed by atoms with Crippen LogP contribution in [0.4, 0.5) is 11.4 Å². The molecule has 0 radical (unpaired) electrons. The van der Waals surface area contributed by atoms with Crippen molar-refractivity contribution in [2.75, 3.05) is 4.90 Å². The molecule has 0 bridgehead atoms. The highest BCUT2D eigenvalue weighted by Gasteiger charge is 2.35. The van der Waals surface area contributed by atoms with Gasteiger partial charge in [-0.25, -0.2) is 9.79 Å². The zero-order valence-electron chi connectivity index (χ0n) is 17.8. The number of rotatable bonds is 5. The molecule has 0 spiro atoms. The van der Waals surface area contributed by atoms with Gasteiger partial charge in [0, 0.05) is 11.6 Å². The second kappa shape index (κ2) is 9.25. The van der Waals surface area contributed by atoms with Crippen LogP contribution in [-0.4, -0.2) is 22.2 Å². The minimum Gasteiger partial charge on any atom is -0.478 e. The number of carboxylic acid groups (broad SMARTS) is 1. The summed E-state index contributed by atoms with van der Waals surface area (Å²) in [6.07, 6.45) is 1.68. The number of aromatic carboxylic acids is 1. The molecule has 1 fully saturated rings. The summed E-state index contributed by atoms with van der Waals surface area (Å²) in [5.74, 6) is -0.198. The summed E-state index contributed by atoms with van der Waals surface area (Å²) in [6.45, 7) is 0. The summed E-state index contributed by atoms with van der Waals surface area (Å²) in [5.41, 5.74) is 2.30. The number of amides is 1. The van der Waals surface area contributed by atoms with Gasteiger partial charge < -0.3 is 9.52 Å². The Morgan fingerprint density at radius 2 is 1.65 bits per heavy atom. The van der Waals surface area contributed by atoms with Crippen LogP contribution in [0, 0.1) is 0 Å². The molecule has 0 unspecified atom stereocenters. The average molecular weight is 467 g/mol. The number of hydrogen-bond donors (Lipinski definition) is 1. The third-order valence-electron chi connectivity index (χ3n) is 5.10. The van der Waals surface area contributed by atoms with E-state index in [9.17, 15) is 14.7 Å². The topological polar surface area (TPSA) is 83.1 Å². The van der Waals surface area contributed by atoms with Gasteiger partial charge in [0.05, 0.1) is 21.8 Å². The van der Waals surface area contributed by atoms with Crippen molar-refractivity contribution < 1.29 is 19.1 Å². The van der Waals surface area contributed by atoms with Crippen LogP contribution in [0.2, 0.25) is 0 Å². The van der Waals surface area contributed by atoms with E-state index in [0.29, 0.717) is 27.2 Å². The van der Waals surface area contributed by atoms with Gasteiger partial charge in [-0.05, 0) is 60.3 Å². The minimum atomic E-state index is -1.00. The molecule has 1 aliphatic heterocycles. The first kappa shape index (κ1) is 21.5. The van der Waals surface area contributed by atoms with Crippen molar-refractivity contribution in [3.63, 3.8) is 0 Å². The quantitative estimate of drug-likeness (QED) is 0.342. The monoisotopic (exact) mass is 466 g/mol. The lowest BCUT2D eigenvalue weighted by molar-refractivity contribution is -0.113. The molecule has 1 N–H and O–H groups in total. The molecule has 0 aliphatic carbocycles. The predicted molar refractivity (Wildman–Crippen MR) is 134 cm³/mol. The average Bonchev–Trinajstić information content (AvgIpc) is 3.45. The van der Waals surface area contributed by atoms with Gasteiger partial charge in [-0.1, -0.05) is 48.5 Å². The lowest BCUT2D eigenvalue weighted by Crippen LogP contribution is -2.28. The Hall–Kier alpha value is -4.36. The van der Waals surface area contributed by atoms with Gasteiger partial charge in [-0.3, -0.25) is 9.69 Å². The van der Waals surface area contributed by atoms with Crippen molar-refractivity contribution in [1.29, 1.82) is 0 Å². The van der Waals surface area contributed by atoms with Gasteiger partial charge in [0.15, 0.2) is 5.17 Å². The summed E-state index contributed by atoms with van der Waals surface area (Å²) >= 11 is 1.27. The molecule has 0 saturated carbocycles. The third-order valence-corrected chi connectivity index (χ3v) is 6.06. The first-order chi connectivity index (χ1) is 16.6. The number of amidine groups is 1. The second-order valence-corrected chi connectivity index (χ2v) is 8.41. The van der Waals surface area contributed by atoms with Gasteiger partial charge in [0.25, 0.3) is 5.91 Å². The van der Waals surface area contributed by atoms with Gasteiger partial charge in [0.1, 0.15) is 11.5 Å². The van der Waals surface area contributed by atoms with Crippen LogP contribution in [0.15, 0.2) is 111 Å². The van der Waals surface area contributed by atoms with Crippen molar-refractivity contribution >= 4 is 46.3 Å². The third kappa shape index (κ3) is 4.42. The van der Waals surface area contributed by atoms with Crippen molar-refractivity contribution in [2.45, 2.75) is 0 Å². The Morgan fingerprint density at radius 1 is 0.912 bits per heavy atom. The molecule has 1 aliphatic rings. The first-order valence-electron chi connectivity index (χ1n) is 10.4. The molecule has 4 aromatic rings. The number of aliphatic imine (C=N–C) groups is 1. The van der Waals surface area contributed by atoms with Gasteiger partial charge in [0.2, 0.25) is 0 Å². The van der Waals surface area contributed by atoms with Crippen molar-refractivity contribution in [3.8, 4) is 11.3 Å². The summed E-state index contributed by atoms with van der Waals surface area (Å²) < 4.78 is 5.92. The van der Waals surface area contributed by atoms with Crippen LogP contribution in [0.5, 0.6) is 0 Å². The largest absolute Gasteiger partial charge is 0.478 e. The Labute approximate surface area is 199 Å². The number of nitrogens with zero attached hydrogens (tertiary/aromatic N) is 2. The van der Waals surface area contributed by atoms with E-state index in [1.807, 2.05) is 60.7 Å². The second-order valence-electron chi connectivity index (χ2n) is 7.40. The Balaban J connectivity index is 1.49. The lowest BCUT2D eigenvalue weighted by Gasteiger charge is -2.15. The summed E-state index contributed by atoms with van der Waals surface area (Å²) in [6, 6.07) is 28.9. The molecule has 34 heavy (non-hydrogen) atoms. The molecule has 3 aromatic carbocycles. The van der Waals surface area contributed by atoms with E-state index >= 15 is 0 Å². The first-order valence-corrected chi connectivity index (χ1v) is 11.3. The van der Waals surface area contributed by atoms with Gasteiger partial charge in [-0.2, -0.15) is 0 Å². The van der Waals surface area contributed by atoms with E-state index in [-0.39, 0.29) is 11.5 Å². The highest BCUT2D eigenvalue weighted by atomic mass is 32.2. The maximum Gasteiger partial charge on any atom is 0.335 e. The van der Waals surface area contributed by atoms with Crippen LogP contribution < -0.4 is 4.90 Å². The highest BCUT2D eigenvalue weighted by molar-refractivity contribution is 8.19. The molecule has 6 nitrogen and oxygen atoms in total. The molecule has 1 aromatic heterocycles. The van der Waals surface area contributed by atoms with Crippen LogP contribution in [0.25, 0.3) is 17.4 Å². The summed E-state index contributed by atoms with van der Waals surface area (Å²) in [7, 11) is 0. The summed E-state index contributed by atoms with van der Waals surface area (Å²) in [5, 5.41) is 9.78. The highest BCUT2D eigenvalue weighted by Crippen LogP contribution is 2.37. The van der Waals surface area contributed by atoms with E-state index in [1.165, 1.54) is 17.8 Å². The molecule has 0 atom stereocenters. The van der Waals surface area contributed by atoms with E-state index in [1.54, 1.807) is 41.3 Å². The standard InChI is InChI=1S/C27H18N2O4S/c30-25-24(17-22-14-15-23(33-22)18-8-7-9-19(16-18)26(31)32)34-27(28-20-10-3-1-4-11-20)29(25)21-12-5-2-6-13-21/h1-17H,(H,31,32)/b24-17-,28-27?. The molecule has 7 heteroatoms. The van der Waals surface area contributed by atoms with Crippen LogP contribution in [0.3, 0.4) is 0 Å². The van der Waals surface area contributed by atoms with E-state index in [2.05, 4.69) is 0 Å². The molecule has 1 saturated heterocycles.